The molecular formula is C22H19F3N2O5. The fourth-order valence-corrected chi connectivity index (χ4v) is 4.94. The van der Waals surface area contributed by atoms with E-state index < -0.39 is 70.5 Å². The minimum atomic E-state index is -1.13. The summed E-state index contributed by atoms with van der Waals surface area (Å²) in [5, 5.41) is 10.5. The largest absolute Gasteiger partial charge is 0.503 e. The molecule has 1 aromatic carbocycles. The Hall–Kier alpha value is -3.14. The highest BCUT2D eigenvalue weighted by Crippen LogP contribution is 2.38. The van der Waals surface area contributed by atoms with E-state index in [4.69, 9.17) is 4.74 Å². The number of halogens is 3. The third-order valence-electron chi connectivity index (χ3n) is 6.46. The fourth-order valence-electron chi connectivity index (χ4n) is 4.94. The first-order chi connectivity index (χ1) is 15.2. The van der Waals surface area contributed by atoms with Crippen LogP contribution in [0.5, 0.6) is 5.75 Å². The van der Waals surface area contributed by atoms with E-state index in [0.717, 1.165) is 12.8 Å². The van der Waals surface area contributed by atoms with Crippen LogP contribution in [-0.4, -0.2) is 44.6 Å². The number of amides is 1. The third kappa shape index (κ3) is 3.21. The lowest BCUT2D eigenvalue weighted by Crippen LogP contribution is -2.57. The number of hydrogen-bond donors (Lipinski definition) is 1. The molecule has 1 aliphatic carbocycles. The lowest BCUT2D eigenvalue weighted by Gasteiger charge is -2.44. The van der Waals surface area contributed by atoms with Gasteiger partial charge in [0.2, 0.25) is 5.43 Å². The van der Waals surface area contributed by atoms with Crippen LogP contribution in [-0.2, 0) is 17.7 Å². The molecule has 5 rings (SSSR count). The maximum Gasteiger partial charge on any atom is 0.276 e. The number of carbonyl (C=O) groups excluding carboxylic acids is 2. The van der Waals surface area contributed by atoms with Crippen molar-refractivity contribution in [1.29, 1.82) is 0 Å². The molecule has 3 atom stereocenters. The molecule has 3 aliphatic rings. The van der Waals surface area contributed by atoms with Crippen molar-refractivity contribution in [3.8, 4) is 5.75 Å². The summed E-state index contributed by atoms with van der Waals surface area (Å²) in [4.78, 5) is 39.9. The summed E-state index contributed by atoms with van der Waals surface area (Å²) in [6.45, 7) is 0.142. The summed E-state index contributed by atoms with van der Waals surface area (Å²) in [5.41, 5.74) is -2.09. The zero-order valence-electron chi connectivity index (χ0n) is 16.8. The molecule has 168 valence electrons. The first kappa shape index (κ1) is 20.7. The van der Waals surface area contributed by atoms with E-state index in [1.165, 1.54) is 10.8 Å². The number of hydrogen-bond acceptors (Lipinski definition) is 5. The molecule has 2 fully saturated rings. The van der Waals surface area contributed by atoms with Crippen LogP contribution >= 0.6 is 0 Å². The molecule has 2 bridgehead atoms. The number of benzene rings is 1. The second kappa shape index (κ2) is 7.47. The van der Waals surface area contributed by atoms with E-state index in [2.05, 4.69) is 0 Å². The summed E-state index contributed by atoms with van der Waals surface area (Å²) in [7, 11) is 0. The maximum atomic E-state index is 13.8. The van der Waals surface area contributed by atoms with E-state index in [1.54, 1.807) is 4.90 Å². The zero-order chi connectivity index (χ0) is 22.7. The molecule has 0 radical (unpaired) electrons. The Balaban J connectivity index is 1.44. The average Bonchev–Trinajstić information content (AvgIpc) is 3.10. The van der Waals surface area contributed by atoms with Gasteiger partial charge in [0.1, 0.15) is 17.5 Å². The molecular weight excluding hydrogens is 429 g/mol. The van der Waals surface area contributed by atoms with Crippen LogP contribution in [0.1, 0.15) is 52.1 Å². The van der Waals surface area contributed by atoms with E-state index in [1.807, 2.05) is 0 Å². The van der Waals surface area contributed by atoms with Crippen molar-refractivity contribution in [2.45, 2.75) is 57.0 Å². The second-order valence-electron chi connectivity index (χ2n) is 8.38. The van der Waals surface area contributed by atoms with Crippen LogP contribution in [0.4, 0.5) is 13.2 Å². The monoisotopic (exact) mass is 448 g/mol. The quantitative estimate of drug-likeness (QED) is 0.727. The van der Waals surface area contributed by atoms with Gasteiger partial charge in [-0.05, 0) is 25.7 Å². The van der Waals surface area contributed by atoms with E-state index in [9.17, 15) is 32.7 Å². The number of ether oxygens (including phenoxy) is 1. The predicted octanol–water partition coefficient (Wildman–Crippen LogP) is 2.52. The molecule has 1 aromatic heterocycles. The van der Waals surface area contributed by atoms with Gasteiger partial charge in [0.05, 0.1) is 18.2 Å². The summed E-state index contributed by atoms with van der Waals surface area (Å²) >= 11 is 0. The van der Waals surface area contributed by atoms with E-state index in [0.29, 0.717) is 18.6 Å². The van der Waals surface area contributed by atoms with Gasteiger partial charge in [-0.3, -0.25) is 14.4 Å². The Morgan fingerprint density at radius 2 is 1.88 bits per heavy atom. The predicted molar refractivity (Wildman–Crippen MR) is 104 cm³/mol. The molecule has 1 N–H and O–H groups in total. The lowest BCUT2D eigenvalue weighted by atomic mass is 10.0. The molecule has 1 saturated carbocycles. The Labute approximate surface area is 180 Å². The van der Waals surface area contributed by atoms with Gasteiger partial charge in [0.25, 0.3) is 5.91 Å². The molecule has 2 aromatic rings. The van der Waals surface area contributed by atoms with Gasteiger partial charge in [0.15, 0.2) is 23.5 Å². The normalized spacial score (nSPS) is 23.8. The Morgan fingerprint density at radius 3 is 2.59 bits per heavy atom. The molecule has 2 aliphatic heterocycles. The Kier molecular flexibility index (Phi) is 4.85. The van der Waals surface area contributed by atoms with Crippen LogP contribution in [0, 0.1) is 17.5 Å². The first-order valence-corrected chi connectivity index (χ1v) is 10.4. The maximum absolute atomic E-state index is 13.8. The topological polar surface area (TPSA) is 88.8 Å². The minimum absolute atomic E-state index is 0.0173. The zero-order valence-corrected chi connectivity index (χ0v) is 16.8. The summed E-state index contributed by atoms with van der Waals surface area (Å²) in [6, 6.07) is 1.00. The van der Waals surface area contributed by atoms with E-state index in [-0.39, 0.29) is 24.4 Å². The van der Waals surface area contributed by atoms with Crippen LogP contribution in [0.2, 0.25) is 0 Å². The molecule has 1 saturated heterocycles. The minimum Gasteiger partial charge on any atom is -0.503 e. The summed E-state index contributed by atoms with van der Waals surface area (Å²) in [5.74, 6) is -5.47. The Morgan fingerprint density at radius 1 is 1.16 bits per heavy atom. The van der Waals surface area contributed by atoms with Crippen molar-refractivity contribution in [3.05, 3.63) is 62.8 Å². The first-order valence-electron chi connectivity index (χ1n) is 10.4. The van der Waals surface area contributed by atoms with E-state index >= 15 is 0 Å². The summed E-state index contributed by atoms with van der Waals surface area (Å²) < 4.78 is 48.0. The number of ketones is 1. The number of fused-ring (bicyclic) bond motifs is 5. The average molecular weight is 448 g/mol. The Bertz CT molecular complexity index is 1190. The highest BCUT2D eigenvalue weighted by Gasteiger charge is 2.47. The van der Waals surface area contributed by atoms with Gasteiger partial charge >= 0.3 is 0 Å². The molecule has 3 heterocycles. The molecule has 7 nitrogen and oxygen atoms in total. The molecule has 0 spiro atoms. The number of aromatic hydroxyl groups is 1. The highest BCUT2D eigenvalue weighted by molar-refractivity contribution is 6.00. The highest BCUT2D eigenvalue weighted by atomic mass is 19.1. The molecule has 32 heavy (non-hydrogen) atoms. The lowest BCUT2D eigenvalue weighted by molar-refractivity contribution is -0.132. The van der Waals surface area contributed by atoms with Crippen molar-refractivity contribution in [2.24, 2.45) is 0 Å². The van der Waals surface area contributed by atoms with Gasteiger partial charge in [-0.25, -0.2) is 13.2 Å². The number of Topliss-reactive ketones (excluding diaryl/α,β-unsaturated/α-hetero) is 1. The van der Waals surface area contributed by atoms with Crippen molar-refractivity contribution in [2.75, 3.05) is 0 Å². The van der Waals surface area contributed by atoms with Crippen molar-refractivity contribution >= 4 is 11.7 Å². The number of rotatable bonds is 4. The van der Waals surface area contributed by atoms with Gasteiger partial charge < -0.3 is 19.3 Å². The number of pyridine rings is 1. The third-order valence-corrected chi connectivity index (χ3v) is 6.46. The second-order valence-corrected chi connectivity index (χ2v) is 8.38. The van der Waals surface area contributed by atoms with Crippen LogP contribution in [0.15, 0.2) is 23.1 Å². The summed E-state index contributed by atoms with van der Waals surface area (Å²) in [6.07, 6.45) is 2.14. The molecule has 0 unspecified atom stereocenters. The van der Waals surface area contributed by atoms with Gasteiger partial charge in [-0.1, -0.05) is 0 Å². The van der Waals surface area contributed by atoms with Crippen LogP contribution in [0.3, 0.4) is 0 Å². The standard InChI is InChI=1S/C22H19F3N2O5/c23-10-5-15(24)13(16(25)6-10)3-4-17(28)14-8-26-9-18-27(11-1-2-12(7-11)32-18)22(31)19(26)21(30)20(14)29/h5-6,8,11-12,18,30H,1-4,7,9H2/t11-,12+,18-/m0/s1. The van der Waals surface area contributed by atoms with Gasteiger partial charge in [-0.2, -0.15) is 0 Å². The number of aromatic nitrogens is 1. The number of nitrogens with zero attached hydrogens (tertiary/aromatic N) is 2. The smallest absolute Gasteiger partial charge is 0.276 e. The van der Waals surface area contributed by atoms with Crippen LogP contribution < -0.4 is 5.43 Å². The fraction of sp³-hybridized carbons (Fsp3) is 0.409. The van der Waals surface area contributed by atoms with Crippen molar-refractivity contribution in [3.63, 3.8) is 0 Å². The molecule has 10 heteroatoms. The van der Waals surface area contributed by atoms with Gasteiger partial charge in [-0.15, -0.1) is 0 Å². The van der Waals surface area contributed by atoms with Crippen molar-refractivity contribution < 1.29 is 32.6 Å². The SMILES string of the molecule is O=C(CCc1c(F)cc(F)cc1F)c1cn2c(c(O)c1=O)C(=O)N1[C@H]3CC[C@H](C3)O[C@H]1C2. The number of carbonyl (C=O) groups is 2. The van der Waals surface area contributed by atoms with Gasteiger partial charge in [0, 0.05) is 36.4 Å². The van der Waals surface area contributed by atoms with Crippen molar-refractivity contribution in [1.82, 2.24) is 9.47 Å². The molecule has 1 amide bonds. The van der Waals surface area contributed by atoms with Crippen LogP contribution in [0.25, 0.3) is 0 Å².